The summed E-state index contributed by atoms with van der Waals surface area (Å²) in [5.41, 5.74) is 1.17. The highest BCUT2D eigenvalue weighted by Crippen LogP contribution is 2.33. The van der Waals surface area contributed by atoms with Crippen LogP contribution in [0.4, 0.5) is 0 Å². The highest BCUT2D eigenvalue weighted by Gasteiger charge is 2.20. The fraction of sp³-hybridized carbons (Fsp3) is 0.611. The van der Waals surface area contributed by atoms with Gasteiger partial charge in [-0.05, 0) is 44.1 Å². The molecule has 0 aromatic carbocycles. The summed E-state index contributed by atoms with van der Waals surface area (Å²) in [4.78, 5) is 34.2. The molecule has 0 bridgehead atoms. The van der Waals surface area contributed by atoms with Crippen LogP contribution in [0.3, 0.4) is 0 Å². The first-order valence-corrected chi connectivity index (χ1v) is 9.85. The van der Waals surface area contributed by atoms with Gasteiger partial charge in [-0.1, -0.05) is 12.8 Å². The molecule has 4 rings (SSSR count). The number of H-pyrrole nitrogens is 1. The second-order valence-corrected chi connectivity index (χ2v) is 8.04. The molecule has 0 saturated heterocycles. The van der Waals surface area contributed by atoms with Crippen LogP contribution in [0.2, 0.25) is 0 Å². The molecule has 0 atom stereocenters. The Labute approximate surface area is 144 Å². The Bertz CT molecular complexity index is 818. The molecule has 2 aromatic rings. The quantitative estimate of drug-likeness (QED) is 0.895. The number of aromatic amines is 1. The van der Waals surface area contributed by atoms with Crippen molar-refractivity contribution in [3.8, 4) is 0 Å². The van der Waals surface area contributed by atoms with Crippen LogP contribution >= 0.6 is 11.3 Å². The monoisotopic (exact) mass is 345 g/mol. The molecule has 5 nitrogen and oxygen atoms in total. The fourth-order valence-corrected chi connectivity index (χ4v) is 5.21. The van der Waals surface area contributed by atoms with Crippen molar-refractivity contribution in [2.45, 2.75) is 70.3 Å². The number of aromatic nitrogens is 2. The number of aryl methyl sites for hydroxylation is 3. The molecule has 2 aromatic heterocycles. The predicted molar refractivity (Wildman–Crippen MR) is 95.6 cm³/mol. The van der Waals surface area contributed by atoms with Gasteiger partial charge in [-0.3, -0.25) is 9.59 Å². The number of carbonyl (C=O) groups excluding carboxylic acids is 1. The van der Waals surface area contributed by atoms with Crippen LogP contribution in [-0.4, -0.2) is 21.9 Å². The maximum atomic E-state index is 12.5. The van der Waals surface area contributed by atoms with Gasteiger partial charge in [0.05, 0.1) is 5.39 Å². The summed E-state index contributed by atoms with van der Waals surface area (Å²) in [7, 11) is 0. The number of amides is 1. The van der Waals surface area contributed by atoms with Gasteiger partial charge in [0, 0.05) is 23.8 Å². The van der Waals surface area contributed by atoms with Gasteiger partial charge in [-0.2, -0.15) is 0 Å². The molecular weight excluding hydrogens is 322 g/mol. The van der Waals surface area contributed by atoms with Crippen LogP contribution in [0.15, 0.2) is 4.79 Å². The molecule has 2 heterocycles. The molecule has 0 aliphatic heterocycles. The minimum atomic E-state index is -0.0365. The van der Waals surface area contributed by atoms with Crippen molar-refractivity contribution in [3.05, 3.63) is 26.6 Å². The summed E-state index contributed by atoms with van der Waals surface area (Å²) in [6.07, 6.45) is 9.88. The Kier molecular flexibility index (Phi) is 4.39. The van der Waals surface area contributed by atoms with Crippen molar-refractivity contribution in [1.82, 2.24) is 15.3 Å². The number of nitrogens with one attached hydrogen (secondary N) is 2. The molecule has 1 amide bonds. The third-order valence-electron chi connectivity index (χ3n) is 5.18. The second kappa shape index (κ2) is 6.67. The van der Waals surface area contributed by atoms with E-state index in [4.69, 9.17) is 0 Å². The van der Waals surface area contributed by atoms with Crippen LogP contribution < -0.4 is 10.9 Å². The normalized spacial score (nSPS) is 18.0. The minimum Gasteiger partial charge on any atom is -0.353 e. The Morgan fingerprint density at radius 1 is 1.21 bits per heavy atom. The summed E-state index contributed by atoms with van der Waals surface area (Å²) in [5.74, 6) is 0.697. The predicted octanol–water partition coefficient (Wildman–Crippen LogP) is 2.85. The molecule has 1 fully saturated rings. The lowest BCUT2D eigenvalue weighted by Gasteiger charge is -2.11. The summed E-state index contributed by atoms with van der Waals surface area (Å²) in [6.45, 7) is 0. The number of fused-ring (bicyclic) bond motifs is 3. The number of carbonyl (C=O) groups is 1. The van der Waals surface area contributed by atoms with Gasteiger partial charge in [0.1, 0.15) is 10.7 Å². The standard InChI is InChI=1S/C18H23N3O2S/c22-15(19-11-5-1-2-6-11)10-9-14-20-17(23)16-12-7-3-4-8-13(12)24-18(16)21-14/h11H,1-10H2,(H,19,22)(H,20,21,23). The second-order valence-electron chi connectivity index (χ2n) is 6.95. The fourth-order valence-electron chi connectivity index (χ4n) is 3.93. The van der Waals surface area contributed by atoms with E-state index >= 15 is 0 Å². The van der Waals surface area contributed by atoms with Crippen LogP contribution in [0.5, 0.6) is 0 Å². The first-order chi connectivity index (χ1) is 11.7. The Morgan fingerprint density at radius 2 is 2.00 bits per heavy atom. The summed E-state index contributed by atoms with van der Waals surface area (Å²) in [6, 6.07) is 0.344. The average molecular weight is 345 g/mol. The minimum absolute atomic E-state index is 0.0365. The molecule has 2 aliphatic carbocycles. The van der Waals surface area contributed by atoms with Crippen LogP contribution in [0.25, 0.3) is 10.2 Å². The maximum Gasteiger partial charge on any atom is 0.259 e. The highest BCUT2D eigenvalue weighted by atomic mass is 32.1. The molecule has 0 radical (unpaired) electrons. The van der Waals surface area contributed by atoms with Crippen molar-refractivity contribution in [3.63, 3.8) is 0 Å². The topological polar surface area (TPSA) is 74.8 Å². The van der Waals surface area contributed by atoms with Gasteiger partial charge in [0.25, 0.3) is 5.56 Å². The largest absolute Gasteiger partial charge is 0.353 e. The first kappa shape index (κ1) is 15.8. The molecule has 0 spiro atoms. The van der Waals surface area contributed by atoms with Gasteiger partial charge >= 0.3 is 0 Å². The SMILES string of the molecule is O=C(CCc1nc2sc3c(c2c(=O)[nH]1)CCCC3)NC1CCCC1. The van der Waals surface area contributed by atoms with E-state index in [2.05, 4.69) is 15.3 Å². The van der Waals surface area contributed by atoms with E-state index in [-0.39, 0.29) is 11.5 Å². The van der Waals surface area contributed by atoms with Gasteiger partial charge in [-0.15, -0.1) is 11.3 Å². The Balaban J connectivity index is 1.48. The van der Waals surface area contributed by atoms with Crippen molar-refractivity contribution < 1.29 is 4.79 Å². The lowest BCUT2D eigenvalue weighted by Crippen LogP contribution is -2.32. The highest BCUT2D eigenvalue weighted by molar-refractivity contribution is 7.18. The molecule has 24 heavy (non-hydrogen) atoms. The number of hydrogen-bond acceptors (Lipinski definition) is 4. The zero-order chi connectivity index (χ0) is 16.5. The third-order valence-corrected chi connectivity index (χ3v) is 6.37. The number of thiophene rings is 1. The Morgan fingerprint density at radius 3 is 2.83 bits per heavy atom. The number of hydrogen-bond donors (Lipinski definition) is 2. The van der Waals surface area contributed by atoms with Gasteiger partial charge in [-0.25, -0.2) is 4.98 Å². The first-order valence-electron chi connectivity index (χ1n) is 9.03. The van der Waals surface area contributed by atoms with Crippen molar-refractivity contribution in [2.75, 3.05) is 0 Å². The average Bonchev–Trinajstić information content (AvgIpc) is 3.19. The zero-order valence-electron chi connectivity index (χ0n) is 13.8. The molecule has 2 N–H and O–H groups in total. The van der Waals surface area contributed by atoms with Gasteiger partial charge in [0.2, 0.25) is 5.91 Å². The van der Waals surface area contributed by atoms with Crippen LogP contribution in [0, 0.1) is 0 Å². The van der Waals surface area contributed by atoms with E-state index in [1.165, 1.54) is 29.7 Å². The van der Waals surface area contributed by atoms with E-state index in [0.717, 1.165) is 42.3 Å². The lowest BCUT2D eigenvalue weighted by molar-refractivity contribution is -0.121. The van der Waals surface area contributed by atoms with Crippen molar-refractivity contribution in [1.29, 1.82) is 0 Å². The van der Waals surface area contributed by atoms with E-state index in [1.54, 1.807) is 11.3 Å². The summed E-state index contributed by atoms with van der Waals surface area (Å²) >= 11 is 1.66. The Hall–Kier alpha value is -1.69. The number of nitrogens with zero attached hydrogens (tertiary/aromatic N) is 1. The zero-order valence-corrected chi connectivity index (χ0v) is 14.6. The molecular formula is C18H23N3O2S. The maximum absolute atomic E-state index is 12.5. The lowest BCUT2D eigenvalue weighted by atomic mass is 9.97. The van der Waals surface area contributed by atoms with E-state index in [0.29, 0.717) is 24.7 Å². The van der Waals surface area contributed by atoms with Crippen molar-refractivity contribution >= 4 is 27.5 Å². The van der Waals surface area contributed by atoms with E-state index < -0.39 is 0 Å². The third kappa shape index (κ3) is 3.11. The van der Waals surface area contributed by atoms with Gasteiger partial charge in [0.15, 0.2) is 0 Å². The van der Waals surface area contributed by atoms with Gasteiger partial charge < -0.3 is 10.3 Å². The molecule has 2 aliphatic rings. The molecule has 128 valence electrons. The van der Waals surface area contributed by atoms with E-state index in [9.17, 15) is 9.59 Å². The van der Waals surface area contributed by atoms with Crippen molar-refractivity contribution in [2.24, 2.45) is 0 Å². The van der Waals surface area contributed by atoms with E-state index in [1.807, 2.05) is 0 Å². The summed E-state index contributed by atoms with van der Waals surface area (Å²) < 4.78 is 0. The van der Waals surface area contributed by atoms with Crippen LogP contribution in [0.1, 0.15) is 61.2 Å². The molecule has 0 unspecified atom stereocenters. The smallest absolute Gasteiger partial charge is 0.259 e. The molecule has 6 heteroatoms. The molecule has 1 saturated carbocycles. The summed E-state index contributed by atoms with van der Waals surface area (Å²) in [5, 5.41) is 3.87. The van der Waals surface area contributed by atoms with Crippen LogP contribution in [-0.2, 0) is 24.1 Å². The number of rotatable bonds is 4.